The third-order valence-corrected chi connectivity index (χ3v) is 2.87. The van der Waals surface area contributed by atoms with Crippen LogP contribution in [0.25, 0.3) is 0 Å². The van der Waals surface area contributed by atoms with Gasteiger partial charge in [-0.2, -0.15) is 0 Å². The van der Waals surface area contributed by atoms with Gasteiger partial charge in [-0.1, -0.05) is 33.6 Å². The van der Waals surface area contributed by atoms with Gasteiger partial charge in [0, 0.05) is 0 Å². The Bertz CT molecular complexity index is 93.0. The quantitative estimate of drug-likeness (QED) is 0.652. The van der Waals surface area contributed by atoms with E-state index in [4.69, 9.17) is 5.11 Å². The summed E-state index contributed by atoms with van der Waals surface area (Å²) >= 11 is 0. The van der Waals surface area contributed by atoms with Gasteiger partial charge in [0.25, 0.3) is 0 Å². The molecule has 0 aromatic carbocycles. The average Bonchev–Trinajstić information content (AvgIpc) is 2.00. The van der Waals surface area contributed by atoms with Gasteiger partial charge in [-0.3, -0.25) is 0 Å². The van der Waals surface area contributed by atoms with Crippen molar-refractivity contribution >= 4 is 0 Å². The average molecular weight is 158 g/mol. The van der Waals surface area contributed by atoms with Crippen molar-refractivity contribution in [1.29, 1.82) is 0 Å². The van der Waals surface area contributed by atoms with Gasteiger partial charge in [0.2, 0.25) is 0 Å². The lowest BCUT2D eigenvalue weighted by Gasteiger charge is -2.27. The Balaban J connectivity index is 3.69. The lowest BCUT2D eigenvalue weighted by Crippen LogP contribution is -2.16. The standard InChI is InChI=1S/C10H22O/c1-5-10(4,6-2)8-7-9(3)11/h9,11H,5-8H2,1-4H3. The van der Waals surface area contributed by atoms with E-state index in [0.717, 1.165) is 12.8 Å². The summed E-state index contributed by atoms with van der Waals surface area (Å²) in [7, 11) is 0. The summed E-state index contributed by atoms with van der Waals surface area (Å²) in [6.45, 7) is 8.62. The molecule has 1 heteroatoms. The summed E-state index contributed by atoms with van der Waals surface area (Å²) in [5.41, 5.74) is 0.455. The molecule has 1 nitrogen and oxygen atoms in total. The molecule has 0 bridgehead atoms. The van der Waals surface area contributed by atoms with Gasteiger partial charge in [0.05, 0.1) is 6.10 Å². The largest absolute Gasteiger partial charge is 0.393 e. The molecule has 0 amide bonds. The van der Waals surface area contributed by atoms with Crippen molar-refractivity contribution in [2.45, 2.75) is 59.5 Å². The van der Waals surface area contributed by atoms with Crippen LogP contribution in [0.3, 0.4) is 0 Å². The second-order valence-electron chi connectivity index (χ2n) is 3.91. The molecule has 1 atom stereocenters. The van der Waals surface area contributed by atoms with Crippen LogP contribution >= 0.6 is 0 Å². The maximum atomic E-state index is 9.11. The first-order valence-corrected chi connectivity index (χ1v) is 4.72. The van der Waals surface area contributed by atoms with E-state index in [1.165, 1.54) is 12.8 Å². The van der Waals surface area contributed by atoms with Gasteiger partial charge in [-0.25, -0.2) is 0 Å². The zero-order valence-corrected chi connectivity index (χ0v) is 8.35. The van der Waals surface area contributed by atoms with Gasteiger partial charge in [0.15, 0.2) is 0 Å². The number of rotatable bonds is 5. The molecule has 0 radical (unpaired) electrons. The SMILES string of the molecule is CCC(C)(CC)CCC(C)O. The van der Waals surface area contributed by atoms with Crippen molar-refractivity contribution in [2.24, 2.45) is 5.41 Å². The minimum absolute atomic E-state index is 0.132. The van der Waals surface area contributed by atoms with Crippen molar-refractivity contribution in [3.05, 3.63) is 0 Å². The van der Waals surface area contributed by atoms with Crippen LogP contribution in [0.2, 0.25) is 0 Å². The molecule has 68 valence electrons. The van der Waals surface area contributed by atoms with Crippen molar-refractivity contribution in [3.8, 4) is 0 Å². The highest BCUT2D eigenvalue weighted by molar-refractivity contribution is 4.71. The second kappa shape index (κ2) is 4.76. The van der Waals surface area contributed by atoms with Gasteiger partial charge in [-0.15, -0.1) is 0 Å². The predicted molar refractivity (Wildman–Crippen MR) is 49.6 cm³/mol. The van der Waals surface area contributed by atoms with Crippen LogP contribution in [-0.4, -0.2) is 11.2 Å². The molecular weight excluding hydrogens is 136 g/mol. The lowest BCUT2D eigenvalue weighted by atomic mass is 9.80. The van der Waals surface area contributed by atoms with Crippen LogP contribution in [0.5, 0.6) is 0 Å². The van der Waals surface area contributed by atoms with Gasteiger partial charge in [-0.05, 0) is 25.2 Å². The molecule has 0 saturated carbocycles. The van der Waals surface area contributed by atoms with E-state index in [0.29, 0.717) is 5.41 Å². The maximum absolute atomic E-state index is 9.11. The molecule has 0 fully saturated rings. The molecule has 0 aromatic heterocycles. The van der Waals surface area contributed by atoms with Crippen LogP contribution in [0, 0.1) is 5.41 Å². The summed E-state index contributed by atoms with van der Waals surface area (Å²) < 4.78 is 0. The Kier molecular flexibility index (Phi) is 4.74. The molecule has 0 spiro atoms. The predicted octanol–water partition coefficient (Wildman–Crippen LogP) is 2.97. The molecule has 0 rings (SSSR count). The Morgan fingerprint density at radius 1 is 1.27 bits per heavy atom. The summed E-state index contributed by atoms with van der Waals surface area (Å²) in [5, 5.41) is 9.11. The van der Waals surface area contributed by atoms with E-state index in [9.17, 15) is 0 Å². The van der Waals surface area contributed by atoms with Crippen LogP contribution < -0.4 is 0 Å². The number of hydrogen-bond donors (Lipinski definition) is 1. The minimum atomic E-state index is -0.132. The van der Waals surface area contributed by atoms with E-state index >= 15 is 0 Å². The molecule has 0 saturated heterocycles. The second-order valence-corrected chi connectivity index (χ2v) is 3.91. The first-order valence-electron chi connectivity index (χ1n) is 4.72. The summed E-state index contributed by atoms with van der Waals surface area (Å²) in [5.74, 6) is 0. The van der Waals surface area contributed by atoms with Crippen LogP contribution in [0.15, 0.2) is 0 Å². The van der Waals surface area contributed by atoms with Crippen molar-refractivity contribution in [2.75, 3.05) is 0 Å². The van der Waals surface area contributed by atoms with Crippen molar-refractivity contribution in [1.82, 2.24) is 0 Å². The molecule has 1 N–H and O–H groups in total. The Labute approximate surface area is 70.8 Å². The van der Waals surface area contributed by atoms with E-state index in [1.807, 2.05) is 6.92 Å². The molecule has 0 aromatic rings. The van der Waals surface area contributed by atoms with E-state index in [2.05, 4.69) is 20.8 Å². The van der Waals surface area contributed by atoms with Crippen LogP contribution in [0.1, 0.15) is 53.4 Å². The molecule has 0 aliphatic heterocycles. The molecule has 0 aliphatic carbocycles. The topological polar surface area (TPSA) is 20.2 Å². The fourth-order valence-corrected chi connectivity index (χ4v) is 1.16. The highest BCUT2D eigenvalue weighted by Gasteiger charge is 2.19. The van der Waals surface area contributed by atoms with Gasteiger partial charge >= 0.3 is 0 Å². The monoisotopic (exact) mass is 158 g/mol. The van der Waals surface area contributed by atoms with Crippen LogP contribution in [0.4, 0.5) is 0 Å². The third kappa shape index (κ3) is 4.41. The van der Waals surface area contributed by atoms with E-state index in [-0.39, 0.29) is 6.10 Å². The molecule has 0 aliphatic rings. The smallest absolute Gasteiger partial charge is 0.0512 e. The molecule has 1 unspecified atom stereocenters. The number of aliphatic hydroxyl groups excluding tert-OH is 1. The Morgan fingerprint density at radius 2 is 1.73 bits per heavy atom. The number of hydrogen-bond acceptors (Lipinski definition) is 1. The summed E-state index contributed by atoms with van der Waals surface area (Å²) in [4.78, 5) is 0. The van der Waals surface area contributed by atoms with Gasteiger partial charge < -0.3 is 5.11 Å². The first-order chi connectivity index (χ1) is 5.04. The zero-order valence-electron chi connectivity index (χ0n) is 8.35. The van der Waals surface area contributed by atoms with Crippen molar-refractivity contribution < 1.29 is 5.11 Å². The minimum Gasteiger partial charge on any atom is -0.393 e. The third-order valence-electron chi connectivity index (χ3n) is 2.87. The first kappa shape index (κ1) is 11.0. The van der Waals surface area contributed by atoms with E-state index < -0.39 is 0 Å². The summed E-state index contributed by atoms with van der Waals surface area (Å²) in [6.07, 6.45) is 4.40. The highest BCUT2D eigenvalue weighted by atomic mass is 16.3. The maximum Gasteiger partial charge on any atom is 0.0512 e. The normalized spacial score (nSPS) is 15.0. The Hall–Kier alpha value is -0.0400. The molecular formula is C10H22O. The van der Waals surface area contributed by atoms with Crippen LogP contribution in [-0.2, 0) is 0 Å². The summed E-state index contributed by atoms with van der Waals surface area (Å²) in [6, 6.07) is 0. The zero-order chi connectivity index (χ0) is 8.91. The Morgan fingerprint density at radius 3 is 2.00 bits per heavy atom. The fourth-order valence-electron chi connectivity index (χ4n) is 1.16. The fraction of sp³-hybridized carbons (Fsp3) is 1.00. The lowest BCUT2D eigenvalue weighted by molar-refractivity contribution is 0.149. The van der Waals surface area contributed by atoms with Gasteiger partial charge in [0.1, 0.15) is 0 Å². The van der Waals surface area contributed by atoms with Crippen molar-refractivity contribution in [3.63, 3.8) is 0 Å². The molecule has 0 heterocycles. The highest BCUT2D eigenvalue weighted by Crippen LogP contribution is 2.31. The number of aliphatic hydroxyl groups is 1. The molecule has 11 heavy (non-hydrogen) atoms. The van der Waals surface area contributed by atoms with E-state index in [1.54, 1.807) is 0 Å².